The van der Waals surface area contributed by atoms with Gasteiger partial charge in [0.05, 0.1) is 5.48 Å². The summed E-state index contributed by atoms with van der Waals surface area (Å²) in [7, 11) is -3.08. The van der Waals surface area contributed by atoms with Crippen molar-refractivity contribution in [2.24, 2.45) is 0 Å². The zero-order valence-corrected chi connectivity index (χ0v) is 16.6. The van der Waals surface area contributed by atoms with Crippen LogP contribution in [0.2, 0.25) is 0 Å². The molecule has 0 bridgehead atoms. The molecule has 0 spiro atoms. The molecule has 2 heteroatoms. The van der Waals surface area contributed by atoms with Gasteiger partial charge in [0, 0.05) is 4.47 Å². The van der Waals surface area contributed by atoms with Gasteiger partial charge >= 0.3 is 0 Å². The number of hydrogen-bond donors (Lipinski definition) is 0. The van der Waals surface area contributed by atoms with E-state index in [1.54, 1.807) is 0 Å². The highest BCUT2D eigenvalue weighted by Gasteiger charge is 2.41. The third-order valence-corrected chi connectivity index (χ3v) is 9.58. The summed E-state index contributed by atoms with van der Waals surface area (Å²) in [4.78, 5) is 0. The second-order valence-corrected chi connectivity index (χ2v) is 10.6. The zero-order chi connectivity index (χ0) is 21.3. The van der Waals surface area contributed by atoms with Crippen molar-refractivity contribution in [3.05, 3.63) is 120 Å². The van der Waals surface area contributed by atoms with Crippen molar-refractivity contribution in [2.45, 2.75) is 0 Å². The number of benzene rings is 4. The summed E-state index contributed by atoms with van der Waals surface area (Å²) in [5, 5.41) is 3.63. The molecule has 0 radical (unpaired) electrons. The van der Waals surface area contributed by atoms with Crippen LogP contribution in [0.4, 0.5) is 0 Å². The summed E-state index contributed by atoms with van der Waals surface area (Å²) < 4.78 is 34.7. The van der Waals surface area contributed by atoms with Crippen molar-refractivity contribution < 1.29 is 5.48 Å². The molecule has 0 N–H and O–H groups in total. The Hall–Kier alpha value is -2.42. The van der Waals surface area contributed by atoms with E-state index in [-0.39, 0.29) is 28.6 Å². The molecule has 4 aromatic carbocycles. The largest absolute Gasteiger partial charge is 0.179 e. The van der Waals surface area contributed by atoms with Crippen molar-refractivity contribution in [3.63, 3.8) is 0 Å². The van der Waals surface area contributed by atoms with Gasteiger partial charge in [0.2, 0.25) is 0 Å². The molecule has 0 aliphatic heterocycles. The minimum atomic E-state index is -3.08. The van der Waals surface area contributed by atoms with E-state index in [0.29, 0.717) is 5.19 Å². The molecule has 126 valence electrons. The first-order valence-electron chi connectivity index (χ1n) is 10.4. The van der Waals surface area contributed by atoms with Gasteiger partial charge in [0.1, 0.15) is 0 Å². The van der Waals surface area contributed by atoms with Gasteiger partial charge in [-0.1, -0.05) is 119 Å². The number of halogens is 1. The maximum Gasteiger partial charge on any atom is 0.179 e. The summed E-state index contributed by atoms with van der Waals surface area (Å²) >= 11 is 3.37. The minimum Gasteiger partial charge on any atom is -0.0623 e. The first kappa shape index (κ1) is 12.9. The monoisotopic (exact) mass is 418 g/mol. The van der Waals surface area contributed by atoms with Crippen LogP contribution in [-0.4, -0.2) is 8.07 Å². The molecule has 4 aromatic rings. The van der Waals surface area contributed by atoms with Gasteiger partial charge in [-0.05, 0) is 32.8 Å². The Kier molecular flexibility index (Phi) is 3.68. The Bertz CT molecular complexity index is 1060. The lowest BCUT2D eigenvalue weighted by Crippen LogP contribution is -2.74. The molecule has 0 unspecified atom stereocenters. The lowest BCUT2D eigenvalue weighted by Gasteiger charge is -2.34. The Labute approximate surface area is 169 Å². The lowest BCUT2D eigenvalue weighted by molar-refractivity contribution is 1.64. The highest BCUT2D eigenvalue weighted by atomic mass is 79.9. The number of hydrogen-bond acceptors (Lipinski definition) is 0. The van der Waals surface area contributed by atoms with Crippen LogP contribution in [0.15, 0.2) is 120 Å². The Balaban J connectivity index is 2.27. The fraction of sp³-hybridized carbons (Fsp3) is 0. The fourth-order valence-electron chi connectivity index (χ4n) is 3.51. The molecule has 0 saturated heterocycles. The summed E-state index contributed by atoms with van der Waals surface area (Å²) in [5.74, 6) is 0. The molecule has 0 nitrogen and oxygen atoms in total. The predicted octanol–water partition coefficient (Wildman–Crippen LogP) is 3.83. The second-order valence-electron chi connectivity index (χ2n) is 6.04. The van der Waals surface area contributed by atoms with Crippen molar-refractivity contribution in [1.29, 1.82) is 0 Å². The van der Waals surface area contributed by atoms with Gasteiger partial charge in [0.15, 0.2) is 8.07 Å². The average Bonchev–Trinajstić information content (AvgIpc) is 2.81. The average molecular weight is 419 g/mol. The van der Waals surface area contributed by atoms with Crippen LogP contribution >= 0.6 is 15.9 Å². The highest BCUT2D eigenvalue weighted by molar-refractivity contribution is 9.10. The molecular formula is C24H19BrSi. The molecule has 0 aliphatic rings. The maximum absolute atomic E-state index is 8.94. The van der Waals surface area contributed by atoms with Crippen molar-refractivity contribution in [1.82, 2.24) is 0 Å². The zero-order valence-electron chi connectivity index (χ0n) is 18.0. The van der Waals surface area contributed by atoms with E-state index >= 15 is 0 Å². The van der Waals surface area contributed by atoms with Crippen LogP contribution in [0.1, 0.15) is 5.48 Å². The molecule has 0 aromatic heterocycles. The fourth-order valence-corrected chi connectivity index (χ4v) is 8.49. The maximum atomic E-state index is 8.94. The summed E-state index contributed by atoms with van der Waals surface area (Å²) in [6.07, 6.45) is 0. The van der Waals surface area contributed by atoms with E-state index in [1.165, 1.54) is 0 Å². The molecule has 0 amide bonds. The molecule has 26 heavy (non-hydrogen) atoms. The van der Waals surface area contributed by atoms with Crippen LogP contribution in [0.5, 0.6) is 0 Å². The van der Waals surface area contributed by atoms with Crippen LogP contribution in [0, 0.1) is 0 Å². The smallest absolute Gasteiger partial charge is 0.0623 e. The van der Waals surface area contributed by atoms with E-state index in [1.807, 2.05) is 54.6 Å². The lowest BCUT2D eigenvalue weighted by atomic mass is 10.3. The molecule has 0 fully saturated rings. The van der Waals surface area contributed by atoms with Gasteiger partial charge < -0.3 is 0 Å². The van der Waals surface area contributed by atoms with E-state index in [0.717, 1.165) is 15.6 Å². The van der Waals surface area contributed by atoms with Crippen LogP contribution in [0.3, 0.4) is 0 Å². The molecule has 0 saturated carbocycles. The minimum absolute atomic E-state index is 0.0450. The third kappa shape index (κ3) is 2.96. The van der Waals surface area contributed by atoms with Crippen LogP contribution < -0.4 is 20.7 Å². The van der Waals surface area contributed by atoms with Gasteiger partial charge in [-0.2, -0.15) is 0 Å². The van der Waals surface area contributed by atoms with Crippen LogP contribution in [0.25, 0.3) is 0 Å². The quantitative estimate of drug-likeness (QED) is 0.349. The summed E-state index contributed by atoms with van der Waals surface area (Å²) in [5.41, 5.74) is 0. The van der Waals surface area contributed by atoms with Gasteiger partial charge in [-0.15, -0.1) is 0 Å². The molecule has 0 heterocycles. The summed E-state index contributed by atoms with van der Waals surface area (Å²) in [6, 6.07) is 29.9. The Morgan fingerprint density at radius 2 is 1.00 bits per heavy atom. The molecule has 0 atom stereocenters. The SMILES string of the molecule is [2H]c1c([2H])c(Br)c([2H])c([Si](c2ccccc2)(c2ccccc2)c2ccccc2)c1[2H]. The van der Waals surface area contributed by atoms with E-state index in [4.69, 9.17) is 5.48 Å². The molecule has 4 rings (SSSR count). The topological polar surface area (TPSA) is 0 Å². The van der Waals surface area contributed by atoms with Gasteiger partial charge in [-0.25, -0.2) is 0 Å². The normalized spacial score (nSPS) is 13.4. The van der Waals surface area contributed by atoms with Crippen molar-refractivity contribution in [3.8, 4) is 0 Å². The molecule has 0 aliphatic carbocycles. The third-order valence-electron chi connectivity index (χ3n) is 4.59. The molecular weight excluding hydrogens is 396 g/mol. The second kappa shape index (κ2) is 7.44. The first-order valence-corrected chi connectivity index (χ1v) is 11.2. The van der Waals surface area contributed by atoms with E-state index in [2.05, 4.69) is 52.3 Å². The first-order chi connectivity index (χ1) is 14.5. The Morgan fingerprint density at radius 1 is 0.577 bits per heavy atom. The summed E-state index contributed by atoms with van der Waals surface area (Å²) in [6.45, 7) is 0. The van der Waals surface area contributed by atoms with E-state index < -0.39 is 8.07 Å². The van der Waals surface area contributed by atoms with Crippen LogP contribution in [-0.2, 0) is 0 Å². The van der Waals surface area contributed by atoms with Gasteiger partial charge in [-0.3, -0.25) is 0 Å². The van der Waals surface area contributed by atoms with Gasteiger partial charge in [0.25, 0.3) is 0 Å². The number of rotatable bonds is 4. The van der Waals surface area contributed by atoms with E-state index in [9.17, 15) is 0 Å². The Morgan fingerprint density at radius 3 is 1.42 bits per heavy atom. The van der Waals surface area contributed by atoms with Crippen molar-refractivity contribution in [2.75, 3.05) is 0 Å². The highest BCUT2D eigenvalue weighted by Crippen LogP contribution is 2.13. The standard InChI is InChI=1S/C24H19BrSi/c25-20-11-10-18-24(19-20)26(21-12-4-1-5-13-21,22-14-6-2-7-15-22)23-16-8-3-9-17-23/h1-19H/i10D,11D,18D,19D. The van der Waals surface area contributed by atoms with Crippen molar-refractivity contribution >= 4 is 44.8 Å². The predicted molar refractivity (Wildman–Crippen MR) is 118 cm³/mol.